The molecule has 0 bridgehead atoms. The average Bonchev–Trinajstić information content (AvgIpc) is 2.64. The van der Waals surface area contributed by atoms with Crippen LogP contribution in [-0.2, 0) is 9.53 Å². The molecule has 0 radical (unpaired) electrons. The summed E-state index contributed by atoms with van der Waals surface area (Å²) in [6, 6.07) is 7.20. The molecule has 3 amide bonds. The first kappa shape index (κ1) is 15.3. The number of aryl methyl sites for hydroxylation is 1. The minimum Gasteiger partial charge on any atom is -0.491 e. The molecule has 1 aliphatic heterocycles. The molecular weight excluding hydrogens is 272 g/mol. The lowest BCUT2D eigenvalue weighted by molar-refractivity contribution is -0.132. The summed E-state index contributed by atoms with van der Waals surface area (Å²) < 4.78 is 10.6. The molecule has 0 saturated carbocycles. The van der Waals surface area contributed by atoms with E-state index in [9.17, 15) is 9.59 Å². The third-order valence-electron chi connectivity index (χ3n) is 3.44. The highest BCUT2D eigenvalue weighted by Crippen LogP contribution is 2.19. The second kappa shape index (κ2) is 6.13. The van der Waals surface area contributed by atoms with E-state index >= 15 is 0 Å². The molecule has 6 heteroatoms. The lowest BCUT2D eigenvalue weighted by Crippen LogP contribution is -2.48. The van der Waals surface area contributed by atoms with Crippen LogP contribution in [0.2, 0.25) is 0 Å². The number of nitrogens with one attached hydrogen (secondary N) is 1. The first-order chi connectivity index (χ1) is 9.98. The minimum absolute atomic E-state index is 0.146. The van der Waals surface area contributed by atoms with E-state index < -0.39 is 11.6 Å². The van der Waals surface area contributed by atoms with Crippen LogP contribution >= 0.6 is 0 Å². The van der Waals surface area contributed by atoms with Crippen molar-refractivity contribution in [1.29, 1.82) is 0 Å². The van der Waals surface area contributed by atoms with Crippen molar-refractivity contribution in [2.24, 2.45) is 0 Å². The van der Waals surface area contributed by atoms with Crippen LogP contribution in [0.1, 0.15) is 12.5 Å². The maximum atomic E-state index is 12.2. The number of carbonyl (C=O) groups excluding carboxylic acids is 2. The van der Waals surface area contributed by atoms with Crippen LogP contribution in [0.3, 0.4) is 0 Å². The van der Waals surface area contributed by atoms with Crippen molar-refractivity contribution >= 4 is 11.9 Å². The van der Waals surface area contributed by atoms with Gasteiger partial charge in [-0.15, -0.1) is 0 Å². The predicted octanol–water partition coefficient (Wildman–Crippen LogP) is 1.33. The van der Waals surface area contributed by atoms with Crippen molar-refractivity contribution in [2.45, 2.75) is 19.4 Å². The molecule has 1 heterocycles. The number of urea groups is 1. The lowest BCUT2D eigenvalue weighted by Gasteiger charge is -2.20. The smallest absolute Gasteiger partial charge is 0.325 e. The molecule has 0 aromatic heterocycles. The highest BCUT2D eigenvalue weighted by Gasteiger charge is 2.47. The van der Waals surface area contributed by atoms with Gasteiger partial charge < -0.3 is 14.8 Å². The SMILES string of the molecule is COCC1(C)NC(=O)N(CCOc2ccccc2C)C1=O. The van der Waals surface area contributed by atoms with E-state index in [-0.39, 0.29) is 25.7 Å². The van der Waals surface area contributed by atoms with Gasteiger partial charge in [0.05, 0.1) is 13.2 Å². The van der Waals surface area contributed by atoms with E-state index in [1.165, 1.54) is 7.11 Å². The summed E-state index contributed by atoms with van der Waals surface area (Å²) in [6.07, 6.45) is 0. The zero-order valence-corrected chi connectivity index (χ0v) is 12.5. The first-order valence-electron chi connectivity index (χ1n) is 6.79. The zero-order chi connectivity index (χ0) is 15.5. The molecule has 1 aromatic rings. The number of methoxy groups -OCH3 is 1. The molecule has 1 fully saturated rings. The van der Waals surface area contributed by atoms with Crippen LogP contribution in [0.15, 0.2) is 24.3 Å². The molecule has 21 heavy (non-hydrogen) atoms. The van der Waals surface area contributed by atoms with E-state index in [0.717, 1.165) is 16.2 Å². The fourth-order valence-corrected chi connectivity index (χ4v) is 2.30. The fourth-order valence-electron chi connectivity index (χ4n) is 2.30. The zero-order valence-electron chi connectivity index (χ0n) is 12.5. The molecule has 6 nitrogen and oxygen atoms in total. The molecule has 1 aromatic carbocycles. The third kappa shape index (κ3) is 3.16. The number of hydrogen-bond donors (Lipinski definition) is 1. The van der Waals surface area contributed by atoms with Gasteiger partial charge >= 0.3 is 6.03 Å². The number of carbonyl (C=O) groups is 2. The fraction of sp³-hybridized carbons (Fsp3) is 0.467. The number of ether oxygens (including phenoxy) is 2. The summed E-state index contributed by atoms with van der Waals surface area (Å²) in [7, 11) is 1.49. The van der Waals surface area contributed by atoms with E-state index in [2.05, 4.69) is 5.32 Å². The van der Waals surface area contributed by atoms with Crippen LogP contribution in [0.25, 0.3) is 0 Å². The van der Waals surface area contributed by atoms with Crippen molar-refractivity contribution in [2.75, 3.05) is 26.9 Å². The van der Waals surface area contributed by atoms with Gasteiger partial charge in [0, 0.05) is 7.11 Å². The molecule has 1 saturated heterocycles. The van der Waals surface area contributed by atoms with Gasteiger partial charge in [0.1, 0.15) is 17.9 Å². The standard InChI is InChI=1S/C15H20N2O4/c1-11-6-4-5-7-12(11)21-9-8-17-13(18)15(2,10-20-3)16-14(17)19/h4-7H,8-10H2,1-3H3,(H,16,19). The summed E-state index contributed by atoms with van der Waals surface area (Å²) in [6.45, 7) is 4.20. The number of rotatable bonds is 6. The van der Waals surface area contributed by atoms with Gasteiger partial charge in [-0.05, 0) is 25.5 Å². The summed E-state index contributed by atoms with van der Waals surface area (Å²) >= 11 is 0. The number of benzene rings is 1. The molecule has 1 N–H and O–H groups in total. The van der Waals surface area contributed by atoms with Crippen LogP contribution in [0.5, 0.6) is 5.75 Å². The molecule has 1 atom stereocenters. The number of hydrogen-bond acceptors (Lipinski definition) is 4. The van der Waals surface area contributed by atoms with E-state index in [1.807, 2.05) is 31.2 Å². The Kier molecular flexibility index (Phi) is 4.47. The summed E-state index contributed by atoms with van der Waals surface area (Å²) in [4.78, 5) is 25.3. The average molecular weight is 292 g/mol. The maximum Gasteiger partial charge on any atom is 0.325 e. The minimum atomic E-state index is -0.992. The summed E-state index contributed by atoms with van der Waals surface area (Å²) in [5, 5.41) is 2.65. The van der Waals surface area contributed by atoms with Crippen molar-refractivity contribution < 1.29 is 19.1 Å². The third-order valence-corrected chi connectivity index (χ3v) is 3.44. The number of imide groups is 1. The molecule has 0 spiro atoms. The van der Waals surface area contributed by atoms with E-state index in [0.29, 0.717) is 0 Å². The number of para-hydroxylation sites is 1. The Morgan fingerprint density at radius 1 is 1.29 bits per heavy atom. The van der Waals surface area contributed by atoms with Crippen molar-refractivity contribution in [1.82, 2.24) is 10.2 Å². The van der Waals surface area contributed by atoms with Gasteiger partial charge in [0.15, 0.2) is 0 Å². The predicted molar refractivity (Wildman–Crippen MR) is 77.2 cm³/mol. The van der Waals surface area contributed by atoms with Gasteiger partial charge in [0.2, 0.25) is 0 Å². The van der Waals surface area contributed by atoms with Crippen LogP contribution in [-0.4, -0.2) is 49.2 Å². The second-order valence-corrected chi connectivity index (χ2v) is 5.27. The van der Waals surface area contributed by atoms with Gasteiger partial charge in [-0.3, -0.25) is 9.69 Å². The van der Waals surface area contributed by atoms with Gasteiger partial charge in [-0.1, -0.05) is 18.2 Å². The largest absolute Gasteiger partial charge is 0.491 e. The normalized spacial score (nSPS) is 21.6. The maximum absolute atomic E-state index is 12.2. The number of amides is 3. The highest BCUT2D eigenvalue weighted by molar-refractivity contribution is 6.06. The van der Waals surface area contributed by atoms with Gasteiger partial charge in [-0.25, -0.2) is 4.79 Å². The quantitative estimate of drug-likeness (QED) is 0.803. The molecule has 1 aliphatic rings. The molecule has 114 valence electrons. The molecule has 0 aliphatic carbocycles. The van der Waals surface area contributed by atoms with Gasteiger partial charge in [-0.2, -0.15) is 0 Å². The molecule has 1 unspecified atom stereocenters. The Hall–Kier alpha value is -2.08. The summed E-state index contributed by atoms with van der Waals surface area (Å²) in [5.74, 6) is 0.465. The topological polar surface area (TPSA) is 67.9 Å². The Labute approximate surface area is 124 Å². The highest BCUT2D eigenvalue weighted by atomic mass is 16.5. The van der Waals surface area contributed by atoms with Crippen LogP contribution in [0, 0.1) is 6.92 Å². The molecule has 2 rings (SSSR count). The van der Waals surface area contributed by atoms with Crippen molar-refractivity contribution in [3.05, 3.63) is 29.8 Å². The van der Waals surface area contributed by atoms with Crippen molar-refractivity contribution in [3.8, 4) is 5.75 Å². The Balaban J connectivity index is 1.93. The Bertz CT molecular complexity index is 546. The monoisotopic (exact) mass is 292 g/mol. The lowest BCUT2D eigenvalue weighted by atomic mass is 10.0. The molecular formula is C15H20N2O4. The van der Waals surface area contributed by atoms with Crippen molar-refractivity contribution in [3.63, 3.8) is 0 Å². The Morgan fingerprint density at radius 3 is 2.67 bits per heavy atom. The second-order valence-electron chi connectivity index (χ2n) is 5.27. The van der Waals surface area contributed by atoms with E-state index in [1.54, 1.807) is 6.92 Å². The Morgan fingerprint density at radius 2 is 2.00 bits per heavy atom. The van der Waals surface area contributed by atoms with Crippen LogP contribution in [0.4, 0.5) is 4.79 Å². The van der Waals surface area contributed by atoms with Gasteiger partial charge in [0.25, 0.3) is 5.91 Å². The van der Waals surface area contributed by atoms with E-state index in [4.69, 9.17) is 9.47 Å². The first-order valence-corrected chi connectivity index (χ1v) is 6.79. The van der Waals surface area contributed by atoms with Crippen LogP contribution < -0.4 is 10.1 Å². The number of nitrogens with zero attached hydrogens (tertiary/aromatic N) is 1. The summed E-state index contributed by atoms with van der Waals surface area (Å²) in [5.41, 5.74) is 0.0213.